The highest BCUT2D eigenvalue weighted by molar-refractivity contribution is 5.87. The maximum Gasteiger partial charge on any atom is 0.471 e. The molecule has 98 valence electrons. The molecule has 1 unspecified atom stereocenters. The van der Waals surface area contributed by atoms with Crippen molar-refractivity contribution in [3.05, 3.63) is 0 Å². The van der Waals surface area contributed by atoms with Crippen molar-refractivity contribution in [3.8, 4) is 0 Å². The number of hydrogen-bond donors (Lipinski definition) is 2. The van der Waals surface area contributed by atoms with Crippen molar-refractivity contribution < 1.29 is 36.6 Å². The van der Waals surface area contributed by atoms with E-state index in [0.29, 0.717) is 0 Å². The van der Waals surface area contributed by atoms with Gasteiger partial charge in [0.25, 0.3) is 0 Å². The van der Waals surface area contributed by atoms with Crippen LogP contribution in [0.5, 0.6) is 0 Å². The van der Waals surface area contributed by atoms with Gasteiger partial charge in [-0.3, -0.25) is 4.79 Å². The fraction of sp³-hybridized carbons (Fsp3) is 0.750. The third kappa shape index (κ3) is 2.64. The number of hydrogen-bond acceptors (Lipinski definition) is 2. The lowest BCUT2D eigenvalue weighted by atomic mass is 9.97. The minimum absolute atomic E-state index is 0.236. The van der Waals surface area contributed by atoms with E-state index in [1.807, 2.05) is 0 Å². The number of carbonyl (C=O) groups excluding carboxylic acids is 1. The third-order valence-corrected chi connectivity index (χ3v) is 2.62. The summed E-state index contributed by atoms with van der Waals surface area (Å²) in [6.07, 6.45) is -8.87. The topological polar surface area (TPSA) is 66.4 Å². The summed E-state index contributed by atoms with van der Waals surface area (Å²) in [5.41, 5.74) is -2.08. The van der Waals surface area contributed by atoms with Crippen molar-refractivity contribution in [3.63, 3.8) is 0 Å². The number of halogens is 5. The fourth-order valence-electron chi connectivity index (χ4n) is 1.44. The molecule has 0 spiro atoms. The van der Waals surface area contributed by atoms with Gasteiger partial charge in [0, 0.05) is 0 Å². The molecular weight excluding hydrogens is 253 g/mol. The van der Waals surface area contributed by atoms with E-state index in [2.05, 4.69) is 0 Å². The second-order valence-corrected chi connectivity index (χ2v) is 3.78. The Hall–Kier alpha value is -1.41. The Kier molecular flexibility index (Phi) is 3.30. The summed E-state index contributed by atoms with van der Waals surface area (Å²) in [4.78, 5) is 21.2. The van der Waals surface area contributed by atoms with Crippen LogP contribution in [-0.4, -0.2) is 35.6 Å². The lowest BCUT2D eigenvalue weighted by Crippen LogP contribution is -2.53. The molecule has 0 aliphatic heterocycles. The molecule has 1 aliphatic rings. The van der Waals surface area contributed by atoms with Crippen molar-refractivity contribution in [2.24, 2.45) is 5.41 Å². The zero-order valence-electron chi connectivity index (χ0n) is 8.22. The number of aliphatic carboxylic acids is 1. The number of rotatable bonds is 4. The smallest absolute Gasteiger partial charge is 0.471 e. The number of carboxylic acids is 1. The Morgan fingerprint density at radius 2 is 1.71 bits per heavy atom. The van der Waals surface area contributed by atoms with E-state index in [4.69, 9.17) is 5.11 Å². The van der Waals surface area contributed by atoms with Crippen LogP contribution in [0.2, 0.25) is 0 Å². The highest BCUT2D eigenvalue weighted by atomic mass is 19.4. The Bertz CT molecular complexity index is 337. The normalized spacial score (nSPS) is 19.9. The van der Waals surface area contributed by atoms with Gasteiger partial charge in [-0.15, -0.1) is 0 Å². The van der Waals surface area contributed by atoms with Gasteiger partial charge >= 0.3 is 18.1 Å². The Morgan fingerprint density at radius 3 is 1.94 bits per heavy atom. The number of nitrogens with one attached hydrogen (secondary N) is 1. The molecule has 1 amide bonds. The molecule has 9 heteroatoms. The van der Waals surface area contributed by atoms with Crippen LogP contribution in [-0.2, 0) is 9.59 Å². The summed E-state index contributed by atoms with van der Waals surface area (Å²) in [5.74, 6) is -4.43. The molecule has 0 aromatic rings. The van der Waals surface area contributed by atoms with Crippen molar-refractivity contribution in [1.29, 1.82) is 0 Å². The van der Waals surface area contributed by atoms with Gasteiger partial charge in [0.05, 0.1) is 5.41 Å². The second-order valence-electron chi connectivity index (χ2n) is 3.78. The Balaban J connectivity index is 2.83. The first kappa shape index (κ1) is 13.7. The van der Waals surface area contributed by atoms with Crippen LogP contribution in [0.3, 0.4) is 0 Å². The van der Waals surface area contributed by atoms with E-state index >= 15 is 0 Å². The molecule has 17 heavy (non-hydrogen) atoms. The van der Waals surface area contributed by atoms with Crippen LogP contribution >= 0.6 is 0 Å². The van der Waals surface area contributed by atoms with E-state index in [1.165, 1.54) is 0 Å². The molecule has 1 rings (SSSR count). The quantitative estimate of drug-likeness (QED) is 0.746. The van der Waals surface area contributed by atoms with Gasteiger partial charge in [0.15, 0.2) is 0 Å². The summed E-state index contributed by atoms with van der Waals surface area (Å²) in [7, 11) is 0. The third-order valence-electron chi connectivity index (χ3n) is 2.62. The first-order chi connectivity index (χ1) is 7.61. The molecule has 0 aromatic carbocycles. The Morgan fingerprint density at radius 1 is 1.24 bits per heavy atom. The maximum absolute atomic E-state index is 12.5. The maximum atomic E-state index is 12.5. The molecule has 2 N–H and O–H groups in total. The number of alkyl halides is 5. The van der Waals surface area contributed by atoms with Crippen LogP contribution in [0.4, 0.5) is 22.0 Å². The van der Waals surface area contributed by atoms with Crippen molar-refractivity contribution in [1.82, 2.24) is 5.32 Å². The van der Waals surface area contributed by atoms with Gasteiger partial charge in [0.2, 0.25) is 6.43 Å². The standard InChI is InChI=1S/C8H8F5NO3/c9-5(10)7(1-2-7)3(4(15)16)14-6(17)8(11,12)13/h3,5H,1-2H2,(H,14,17)(H,15,16). The molecule has 1 fully saturated rings. The van der Waals surface area contributed by atoms with E-state index in [9.17, 15) is 31.5 Å². The molecule has 4 nitrogen and oxygen atoms in total. The van der Waals surface area contributed by atoms with Gasteiger partial charge in [0.1, 0.15) is 6.04 Å². The summed E-state index contributed by atoms with van der Waals surface area (Å²) in [5, 5.41) is 9.69. The molecule has 0 aromatic heterocycles. The number of carboxylic acid groups (broad SMARTS) is 1. The summed E-state index contributed by atoms with van der Waals surface area (Å²) < 4.78 is 60.7. The van der Waals surface area contributed by atoms with Crippen LogP contribution < -0.4 is 5.32 Å². The van der Waals surface area contributed by atoms with Gasteiger partial charge in [-0.25, -0.2) is 13.6 Å². The van der Waals surface area contributed by atoms with Crippen molar-refractivity contribution >= 4 is 11.9 Å². The predicted molar refractivity (Wildman–Crippen MR) is 43.3 cm³/mol. The number of carbonyl (C=O) groups is 2. The second kappa shape index (κ2) is 4.11. The molecule has 1 saturated carbocycles. The van der Waals surface area contributed by atoms with Crippen molar-refractivity contribution in [2.75, 3.05) is 0 Å². The minimum Gasteiger partial charge on any atom is -0.480 e. The van der Waals surface area contributed by atoms with Crippen LogP contribution in [0.15, 0.2) is 0 Å². The average Bonchev–Trinajstić information content (AvgIpc) is 2.92. The summed E-state index contributed by atoms with van der Waals surface area (Å²) in [6.45, 7) is 0. The molecular formula is C8H8F5NO3. The molecule has 0 heterocycles. The van der Waals surface area contributed by atoms with Crippen LogP contribution in [0.25, 0.3) is 0 Å². The van der Waals surface area contributed by atoms with E-state index in [1.54, 1.807) is 0 Å². The van der Waals surface area contributed by atoms with Gasteiger partial charge < -0.3 is 10.4 Å². The summed E-state index contributed by atoms with van der Waals surface area (Å²) in [6, 6.07) is -2.23. The molecule has 1 aliphatic carbocycles. The lowest BCUT2D eigenvalue weighted by Gasteiger charge is -2.24. The van der Waals surface area contributed by atoms with Gasteiger partial charge in [-0.1, -0.05) is 0 Å². The highest BCUT2D eigenvalue weighted by Crippen LogP contribution is 2.53. The fourth-order valence-corrected chi connectivity index (χ4v) is 1.44. The average molecular weight is 261 g/mol. The van der Waals surface area contributed by atoms with Crippen molar-refractivity contribution in [2.45, 2.75) is 31.5 Å². The zero-order valence-corrected chi connectivity index (χ0v) is 8.22. The lowest BCUT2D eigenvalue weighted by molar-refractivity contribution is -0.177. The first-order valence-electron chi connectivity index (χ1n) is 4.50. The van der Waals surface area contributed by atoms with E-state index in [0.717, 1.165) is 5.32 Å². The molecule has 1 atom stereocenters. The van der Waals surface area contributed by atoms with E-state index < -0.39 is 35.9 Å². The Labute approximate surface area is 91.8 Å². The van der Waals surface area contributed by atoms with Gasteiger partial charge in [-0.2, -0.15) is 13.2 Å². The largest absolute Gasteiger partial charge is 0.480 e. The molecule has 0 bridgehead atoms. The predicted octanol–water partition coefficient (Wildman–Crippen LogP) is 1.16. The van der Waals surface area contributed by atoms with Crippen LogP contribution in [0.1, 0.15) is 12.8 Å². The highest BCUT2D eigenvalue weighted by Gasteiger charge is 2.61. The minimum atomic E-state index is -5.30. The monoisotopic (exact) mass is 261 g/mol. The number of amides is 1. The van der Waals surface area contributed by atoms with Gasteiger partial charge in [-0.05, 0) is 12.8 Å². The molecule has 0 saturated heterocycles. The summed E-state index contributed by atoms with van der Waals surface area (Å²) >= 11 is 0. The van der Waals surface area contributed by atoms with Crippen LogP contribution in [0, 0.1) is 5.41 Å². The SMILES string of the molecule is O=C(O)C(NC(=O)C(F)(F)F)C1(C(F)F)CC1. The zero-order chi connectivity index (χ0) is 13.4. The van der Waals surface area contributed by atoms with E-state index in [-0.39, 0.29) is 12.8 Å². The first-order valence-corrected chi connectivity index (χ1v) is 4.50. The molecule has 0 radical (unpaired) electrons.